The third-order valence-electron chi connectivity index (χ3n) is 2.55. The standard InChI is InChI=1S/C11H15N5O2/c17-10-14-15-11(18)16(10)6-2-5-13-8-9-3-1-4-12-7-9/h1,3-4,7,13H,2,5-6,8H2,(H,14,17)(H,15,18). The summed E-state index contributed by atoms with van der Waals surface area (Å²) < 4.78 is 1.14. The fourth-order valence-electron chi connectivity index (χ4n) is 1.63. The SMILES string of the molecule is O=c1[nH][nH]c(=O)n1CCCNCc1cccnc1. The normalized spacial score (nSPS) is 10.7. The Bertz CT molecular complexity index is 556. The van der Waals surface area contributed by atoms with Crippen LogP contribution in [0, 0.1) is 0 Å². The van der Waals surface area contributed by atoms with Crippen LogP contribution in [0.3, 0.4) is 0 Å². The van der Waals surface area contributed by atoms with E-state index in [4.69, 9.17) is 0 Å². The fraction of sp³-hybridized carbons (Fsp3) is 0.364. The molecular formula is C11H15N5O2. The van der Waals surface area contributed by atoms with Gasteiger partial charge in [0.25, 0.3) is 0 Å². The van der Waals surface area contributed by atoms with Crippen molar-refractivity contribution in [2.75, 3.05) is 6.54 Å². The van der Waals surface area contributed by atoms with Gasteiger partial charge in [-0.25, -0.2) is 24.4 Å². The summed E-state index contributed by atoms with van der Waals surface area (Å²) in [5.74, 6) is 0. The number of nitrogens with zero attached hydrogens (tertiary/aromatic N) is 2. The van der Waals surface area contributed by atoms with E-state index in [2.05, 4.69) is 20.5 Å². The van der Waals surface area contributed by atoms with Crippen molar-refractivity contribution < 1.29 is 0 Å². The van der Waals surface area contributed by atoms with Crippen LogP contribution < -0.4 is 16.7 Å². The van der Waals surface area contributed by atoms with Gasteiger partial charge in [0, 0.05) is 25.5 Å². The molecule has 0 aliphatic carbocycles. The number of rotatable bonds is 6. The molecule has 0 radical (unpaired) electrons. The molecule has 3 N–H and O–H groups in total. The van der Waals surface area contributed by atoms with Crippen LogP contribution in [0.15, 0.2) is 34.1 Å². The average molecular weight is 249 g/mol. The molecule has 0 spiro atoms. The second-order valence-corrected chi connectivity index (χ2v) is 3.90. The van der Waals surface area contributed by atoms with Crippen molar-refractivity contribution in [3.8, 4) is 0 Å². The minimum Gasteiger partial charge on any atom is -0.313 e. The summed E-state index contributed by atoms with van der Waals surface area (Å²) in [5, 5.41) is 7.72. The number of aromatic nitrogens is 4. The van der Waals surface area contributed by atoms with E-state index in [0.29, 0.717) is 13.0 Å². The zero-order valence-corrected chi connectivity index (χ0v) is 9.85. The first kappa shape index (κ1) is 12.3. The second kappa shape index (κ2) is 5.97. The van der Waals surface area contributed by atoms with Gasteiger partial charge >= 0.3 is 11.4 Å². The highest BCUT2D eigenvalue weighted by molar-refractivity contribution is 5.07. The minimum absolute atomic E-state index is 0.396. The molecule has 2 rings (SSSR count). The Hall–Kier alpha value is -2.15. The topological polar surface area (TPSA) is 95.6 Å². The Morgan fingerprint density at radius 3 is 2.72 bits per heavy atom. The molecule has 0 fully saturated rings. The Kier molecular flexibility index (Phi) is 4.08. The van der Waals surface area contributed by atoms with Gasteiger partial charge in [-0.05, 0) is 24.6 Å². The monoisotopic (exact) mass is 249 g/mol. The molecule has 0 saturated heterocycles. The molecule has 0 bridgehead atoms. The van der Waals surface area contributed by atoms with E-state index in [1.807, 2.05) is 12.1 Å². The first-order valence-electron chi connectivity index (χ1n) is 5.74. The molecular weight excluding hydrogens is 234 g/mol. The van der Waals surface area contributed by atoms with Gasteiger partial charge in [0.05, 0.1) is 0 Å². The van der Waals surface area contributed by atoms with E-state index in [-0.39, 0.29) is 0 Å². The van der Waals surface area contributed by atoms with Crippen LogP contribution in [0.2, 0.25) is 0 Å². The zero-order chi connectivity index (χ0) is 12.8. The van der Waals surface area contributed by atoms with Crippen molar-refractivity contribution in [3.05, 3.63) is 51.1 Å². The number of H-pyrrole nitrogens is 2. The largest absolute Gasteiger partial charge is 0.344 e. The van der Waals surface area contributed by atoms with Gasteiger partial charge < -0.3 is 5.32 Å². The molecule has 7 heteroatoms. The van der Waals surface area contributed by atoms with Crippen molar-refractivity contribution in [2.24, 2.45) is 0 Å². The maximum atomic E-state index is 11.2. The first-order chi connectivity index (χ1) is 8.77. The smallest absolute Gasteiger partial charge is 0.313 e. The van der Waals surface area contributed by atoms with Gasteiger partial charge in [0.15, 0.2) is 0 Å². The highest BCUT2D eigenvalue weighted by atomic mass is 16.2. The molecule has 2 heterocycles. The Balaban J connectivity index is 1.71. The van der Waals surface area contributed by atoms with E-state index in [0.717, 1.165) is 23.2 Å². The third-order valence-corrected chi connectivity index (χ3v) is 2.55. The summed E-state index contributed by atoms with van der Waals surface area (Å²) >= 11 is 0. The van der Waals surface area contributed by atoms with Gasteiger partial charge in [0.1, 0.15) is 0 Å². The first-order valence-corrected chi connectivity index (χ1v) is 5.74. The van der Waals surface area contributed by atoms with E-state index >= 15 is 0 Å². The van der Waals surface area contributed by atoms with Crippen LogP contribution in [0.4, 0.5) is 0 Å². The van der Waals surface area contributed by atoms with Gasteiger partial charge in [-0.2, -0.15) is 0 Å². The molecule has 0 aliphatic heterocycles. The Morgan fingerprint density at radius 1 is 1.28 bits per heavy atom. The van der Waals surface area contributed by atoms with E-state index in [9.17, 15) is 9.59 Å². The summed E-state index contributed by atoms with van der Waals surface area (Å²) in [4.78, 5) is 26.4. The maximum Gasteiger partial charge on any atom is 0.344 e. The fourth-order valence-corrected chi connectivity index (χ4v) is 1.63. The molecule has 0 saturated carbocycles. The predicted octanol–water partition coefficient (Wildman–Crippen LogP) is -0.560. The highest BCUT2D eigenvalue weighted by Gasteiger charge is 2.01. The van der Waals surface area contributed by atoms with Crippen molar-refractivity contribution >= 4 is 0 Å². The molecule has 0 aliphatic rings. The number of nitrogens with one attached hydrogen (secondary N) is 3. The molecule has 18 heavy (non-hydrogen) atoms. The zero-order valence-electron chi connectivity index (χ0n) is 9.85. The molecule has 0 amide bonds. The molecule has 7 nitrogen and oxygen atoms in total. The lowest BCUT2D eigenvalue weighted by Gasteiger charge is -2.04. The van der Waals surface area contributed by atoms with Crippen LogP contribution in [0.1, 0.15) is 12.0 Å². The summed E-state index contributed by atoms with van der Waals surface area (Å²) in [6, 6.07) is 3.87. The van der Waals surface area contributed by atoms with Crippen molar-refractivity contribution in [3.63, 3.8) is 0 Å². The number of hydrogen-bond acceptors (Lipinski definition) is 4. The Labute approximate surface area is 103 Å². The lowest BCUT2D eigenvalue weighted by atomic mass is 10.3. The number of hydrogen-bond donors (Lipinski definition) is 3. The number of aromatic amines is 2. The second-order valence-electron chi connectivity index (χ2n) is 3.90. The summed E-state index contributed by atoms with van der Waals surface area (Å²) in [5.41, 5.74) is 0.314. The molecule has 0 aromatic carbocycles. The van der Waals surface area contributed by atoms with Crippen LogP contribution in [0.5, 0.6) is 0 Å². The van der Waals surface area contributed by atoms with Gasteiger partial charge in [-0.3, -0.25) is 4.98 Å². The average Bonchev–Trinajstić information content (AvgIpc) is 2.71. The van der Waals surface area contributed by atoms with Crippen molar-refractivity contribution in [1.29, 1.82) is 0 Å². The Morgan fingerprint density at radius 2 is 2.06 bits per heavy atom. The lowest BCUT2D eigenvalue weighted by molar-refractivity contribution is 0.561. The summed E-state index contributed by atoms with van der Waals surface area (Å²) in [6.07, 6.45) is 4.24. The van der Waals surface area contributed by atoms with Crippen LogP contribution >= 0.6 is 0 Å². The van der Waals surface area contributed by atoms with Gasteiger partial charge in [-0.15, -0.1) is 0 Å². The highest BCUT2D eigenvalue weighted by Crippen LogP contribution is 1.94. The minimum atomic E-state index is -0.396. The van der Waals surface area contributed by atoms with Gasteiger partial charge in [-0.1, -0.05) is 6.07 Å². The van der Waals surface area contributed by atoms with Gasteiger partial charge in [0.2, 0.25) is 0 Å². The van der Waals surface area contributed by atoms with Crippen LogP contribution in [-0.2, 0) is 13.1 Å². The molecule has 96 valence electrons. The maximum absolute atomic E-state index is 11.2. The van der Waals surface area contributed by atoms with E-state index < -0.39 is 11.4 Å². The third kappa shape index (κ3) is 3.17. The molecule has 0 unspecified atom stereocenters. The van der Waals surface area contributed by atoms with Crippen molar-refractivity contribution in [1.82, 2.24) is 25.1 Å². The molecule has 2 aromatic heterocycles. The lowest BCUT2D eigenvalue weighted by Crippen LogP contribution is -2.28. The van der Waals surface area contributed by atoms with E-state index in [1.54, 1.807) is 12.4 Å². The molecule has 2 aromatic rings. The van der Waals surface area contributed by atoms with E-state index in [1.165, 1.54) is 0 Å². The summed E-state index contributed by atoms with van der Waals surface area (Å²) in [7, 11) is 0. The predicted molar refractivity (Wildman–Crippen MR) is 66.2 cm³/mol. The van der Waals surface area contributed by atoms with Crippen LogP contribution in [0.25, 0.3) is 0 Å². The van der Waals surface area contributed by atoms with Crippen LogP contribution in [-0.4, -0.2) is 26.3 Å². The van der Waals surface area contributed by atoms with Crippen molar-refractivity contribution in [2.45, 2.75) is 19.5 Å². The quantitative estimate of drug-likeness (QED) is 0.598. The summed E-state index contributed by atoms with van der Waals surface area (Å²) in [6.45, 7) is 1.86. The molecule has 0 atom stereocenters. The number of pyridine rings is 1.